The number of carbonyl (C=O) groups excluding carboxylic acids is 1. The molecular formula is C22H31N5O. The van der Waals surface area contributed by atoms with Crippen LogP contribution in [0.3, 0.4) is 0 Å². The van der Waals surface area contributed by atoms with Crippen molar-refractivity contribution in [2.45, 2.75) is 58.7 Å². The molecule has 4 rings (SSSR count). The number of hydrogen-bond acceptors (Lipinski definition) is 3. The number of benzene rings is 1. The summed E-state index contributed by atoms with van der Waals surface area (Å²) in [6.07, 6.45) is 5.10. The number of aromatic nitrogens is 2. The lowest BCUT2D eigenvalue weighted by molar-refractivity contribution is 0.251. The molecule has 0 spiro atoms. The third-order valence-corrected chi connectivity index (χ3v) is 5.84. The van der Waals surface area contributed by atoms with Gasteiger partial charge in [-0.1, -0.05) is 24.3 Å². The van der Waals surface area contributed by atoms with Crippen molar-refractivity contribution in [2.75, 3.05) is 18.4 Å². The fourth-order valence-electron chi connectivity index (χ4n) is 4.08. The summed E-state index contributed by atoms with van der Waals surface area (Å²) in [4.78, 5) is 14.9. The highest BCUT2D eigenvalue weighted by Crippen LogP contribution is 2.40. The van der Waals surface area contributed by atoms with E-state index in [1.165, 1.54) is 44.3 Å². The molecule has 2 fully saturated rings. The highest BCUT2D eigenvalue weighted by atomic mass is 16.2. The summed E-state index contributed by atoms with van der Waals surface area (Å²) in [5.74, 6) is 1.46. The summed E-state index contributed by atoms with van der Waals surface area (Å²) in [7, 11) is 0. The largest absolute Gasteiger partial charge is 0.334 e. The minimum atomic E-state index is -0.186. The Morgan fingerprint density at radius 1 is 1.21 bits per heavy atom. The van der Waals surface area contributed by atoms with Crippen LogP contribution in [0.5, 0.6) is 0 Å². The molecule has 2 amide bonds. The number of rotatable bonds is 7. The first-order valence-corrected chi connectivity index (χ1v) is 10.5. The first kappa shape index (κ1) is 19.0. The number of likely N-dealkylation sites (tertiary alicyclic amines) is 1. The SMILES string of the molecule is Cc1cc(NC(=O)NCc2cccc(CN3CCCC3)c2)n(C(C)C2CC2)n1. The lowest BCUT2D eigenvalue weighted by atomic mass is 10.1. The summed E-state index contributed by atoms with van der Waals surface area (Å²) < 4.78 is 1.96. The molecular weight excluding hydrogens is 350 g/mol. The van der Waals surface area contributed by atoms with Crippen molar-refractivity contribution in [2.24, 2.45) is 5.92 Å². The molecule has 6 heteroatoms. The predicted octanol–water partition coefficient (Wildman–Crippen LogP) is 4.08. The van der Waals surface area contributed by atoms with Gasteiger partial charge in [-0.3, -0.25) is 10.2 Å². The molecule has 1 saturated heterocycles. The van der Waals surface area contributed by atoms with Crippen molar-refractivity contribution in [1.82, 2.24) is 20.0 Å². The molecule has 2 aliphatic rings. The van der Waals surface area contributed by atoms with E-state index in [9.17, 15) is 4.79 Å². The van der Waals surface area contributed by atoms with Gasteiger partial charge >= 0.3 is 6.03 Å². The molecule has 1 aliphatic carbocycles. The fraction of sp³-hybridized carbons (Fsp3) is 0.545. The second-order valence-corrected chi connectivity index (χ2v) is 8.30. The summed E-state index contributed by atoms with van der Waals surface area (Å²) in [6, 6.07) is 10.6. The van der Waals surface area contributed by atoms with Crippen LogP contribution in [0.15, 0.2) is 30.3 Å². The van der Waals surface area contributed by atoms with Gasteiger partial charge in [0.2, 0.25) is 0 Å². The molecule has 2 N–H and O–H groups in total. The monoisotopic (exact) mass is 381 g/mol. The van der Waals surface area contributed by atoms with Gasteiger partial charge in [0, 0.05) is 19.2 Å². The van der Waals surface area contributed by atoms with Crippen LogP contribution in [-0.4, -0.2) is 33.8 Å². The Morgan fingerprint density at radius 3 is 2.71 bits per heavy atom. The van der Waals surface area contributed by atoms with Gasteiger partial charge in [-0.05, 0) is 69.7 Å². The van der Waals surface area contributed by atoms with Gasteiger partial charge in [0.15, 0.2) is 0 Å². The topological polar surface area (TPSA) is 62.2 Å². The smallest absolute Gasteiger partial charge is 0.320 e. The number of aryl methyl sites for hydroxylation is 1. The summed E-state index contributed by atoms with van der Waals surface area (Å²) in [5.41, 5.74) is 3.37. The average molecular weight is 382 g/mol. The van der Waals surface area contributed by atoms with Crippen LogP contribution in [0.25, 0.3) is 0 Å². The summed E-state index contributed by atoms with van der Waals surface area (Å²) in [6.45, 7) is 8.04. The molecule has 2 heterocycles. The maximum Gasteiger partial charge on any atom is 0.320 e. The molecule has 1 unspecified atom stereocenters. The van der Waals surface area contributed by atoms with Gasteiger partial charge in [0.05, 0.1) is 11.7 Å². The highest BCUT2D eigenvalue weighted by Gasteiger charge is 2.31. The van der Waals surface area contributed by atoms with E-state index in [0.717, 1.165) is 23.6 Å². The molecule has 28 heavy (non-hydrogen) atoms. The standard InChI is InChI=1S/C22H31N5O/c1-16-12-21(27(25-16)17(2)20-8-9-20)24-22(28)23-14-18-6-5-7-19(13-18)15-26-10-3-4-11-26/h5-7,12-13,17,20H,3-4,8-11,14-15H2,1-2H3,(H2,23,24,28). The molecule has 1 atom stereocenters. The maximum absolute atomic E-state index is 12.4. The van der Waals surface area contributed by atoms with Gasteiger partial charge in [-0.25, -0.2) is 9.48 Å². The van der Waals surface area contributed by atoms with E-state index in [-0.39, 0.29) is 6.03 Å². The Balaban J connectivity index is 1.32. The lowest BCUT2D eigenvalue weighted by Gasteiger charge is -2.16. The van der Waals surface area contributed by atoms with Crippen LogP contribution >= 0.6 is 0 Å². The van der Waals surface area contributed by atoms with Gasteiger partial charge in [0.25, 0.3) is 0 Å². The number of amides is 2. The van der Waals surface area contributed by atoms with Crippen LogP contribution in [0.2, 0.25) is 0 Å². The quantitative estimate of drug-likeness (QED) is 0.760. The van der Waals surface area contributed by atoms with Crippen molar-refractivity contribution in [3.8, 4) is 0 Å². The van der Waals surface area contributed by atoms with Crippen molar-refractivity contribution in [3.63, 3.8) is 0 Å². The third kappa shape index (κ3) is 4.73. The summed E-state index contributed by atoms with van der Waals surface area (Å²) in [5, 5.41) is 10.5. The van der Waals surface area contributed by atoms with Crippen LogP contribution in [0, 0.1) is 12.8 Å². The van der Waals surface area contributed by atoms with Crippen LogP contribution in [0.4, 0.5) is 10.6 Å². The average Bonchev–Trinajstić information content (AvgIpc) is 3.29. The minimum Gasteiger partial charge on any atom is -0.334 e. The molecule has 6 nitrogen and oxygen atoms in total. The second-order valence-electron chi connectivity index (χ2n) is 8.30. The van der Waals surface area contributed by atoms with Gasteiger partial charge < -0.3 is 5.32 Å². The molecule has 0 radical (unpaired) electrons. The number of nitrogens with one attached hydrogen (secondary N) is 2. The first-order valence-electron chi connectivity index (χ1n) is 10.5. The Hall–Kier alpha value is -2.34. The molecule has 150 valence electrons. The molecule has 0 bridgehead atoms. The number of anilines is 1. The Labute approximate surface area is 167 Å². The zero-order chi connectivity index (χ0) is 19.5. The van der Waals surface area contributed by atoms with Crippen LogP contribution < -0.4 is 10.6 Å². The van der Waals surface area contributed by atoms with Crippen molar-refractivity contribution in [3.05, 3.63) is 47.2 Å². The zero-order valence-electron chi connectivity index (χ0n) is 16.9. The maximum atomic E-state index is 12.4. The van der Waals surface area contributed by atoms with E-state index in [1.807, 2.05) is 17.7 Å². The minimum absolute atomic E-state index is 0.186. The van der Waals surface area contributed by atoms with Gasteiger partial charge in [-0.2, -0.15) is 5.10 Å². The summed E-state index contributed by atoms with van der Waals surface area (Å²) >= 11 is 0. The van der Waals surface area contributed by atoms with E-state index >= 15 is 0 Å². The van der Waals surface area contributed by atoms with Crippen LogP contribution in [0.1, 0.15) is 55.5 Å². The molecule has 2 aromatic rings. The first-order chi connectivity index (χ1) is 13.6. The number of urea groups is 1. The van der Waals surface area contributed by atoms with Gasteiger partial charge in [0.1, 0.15) is 5.82 Å². The number of nitrogens with zero attached hydrogens (tertiary/aromatic N) is 3. The Kier molecular flexibility index (Phi) is 5.67. The predicted molar refractivity (Wildman–Crippen MR) is 111 cm³/mol. The van der Waals surface area contributed by atoms with E-state index in [0.29, 0.717) is 18.5 Å². The Morgan fingerprint density at radius 2 is 1.96 bits per heavy atom. The van der Waals surface area contributed by atoms with E-state index in [1.54, 1.807) is 0 Å². The number of carbonyl (C=O) groups is 1. The Bertz CT molecular complexity index is 820. The van der Waals surface area contributed by atoms with Crippen LogP contribution in [-0.2, 0) is 13.1 Å². The fourth-order valence-corrected chi connectivity index (χ4v) is 4.08. The normalized spacial score (nSPS) is 18.2. The van der Waals surface area contributed by atoms with E-state index < -0.39 is 0 Å². The molecule has 1 aromatic heterocycles. The second kappa shape index (κ2) is 8.35. The molecule has 1 aliphatic heterocycles. The van der Waals surface area contributed by atoms with Crippen molar-refractivity contribution < 1.29 is 4.79 Å². The number of hydrogen-bond donors (Lipinski definition) is 2. The highest BCUT2D eigenvalue weighted by molar-refractivity contribution is 5.88. The molecule has 1 aromatic carbocycles. The van der Waals surface area contributed by atoms with E-state index in [4.69, 9.17) is 0 Å². The van der Waals surface area contributed by atoms with Gasteiger partial charge in [-0.15, -0.1) is 0 Å². The molecule has 1 saturated carbocycles. The van der Waals surface area contributed by atoms with Crippen molar-refractivity contribution in [1.29, 1.82) is 0 Å². The third-order valence-electron chi connectivity index (χ3n) is 5.84. The lowest BCUT2D eigenvalue weighted by Crippen LogP contribution is -2.29. The van der Waals surface area contributed by atoms with E-state index in [2.05, 4.69) is 51.8 Å². The van der Waals surface area contributed by atoms with Crippen molar-refractivity contribution >= 4 is 11.8 Å². The zero-order valence-corrected chi connectivity index (χ0v) is 16.9.